The maximum Gasteiger partial charge on any atom is 0.294 e. The largest absolute Gasteiger partial charge is 0.503 e. The van der Waals surface area contributed by atoms with Gasteiger partial charge >= 0.3 is 0 Å². The summed E-state index contributed by atoms with van der Waals surface area (Å²) >= 11 is 6.19. The summed E-state index contributed by atoms with van der Waals surface area (Å²) in [5.41, 5.74) is 1.15. The number of ether oxygens (including phenoxy) is 3. The first kappa shape index (κ1) is 26.2. The van der Waals surface area contributed by atoms with E-state index in [0.717, 1.165) is 0 Å². The second kappa shape index (κ2) is 10.4. The van der Waals surface area contributed by atoms with E-state index in [0.29, 0.717) is 44.5 Å². The number of carbonyl (C=O) groups is 2. The molecule has 2 heterocycles. The summed E-state index contributed by atoms with van der Waals surface area (Å²) in [7, 11) is 2.96. The summed E-state index contributed by atoms with van der Waals surface area (Å²) in [5.74, 6) is -0.734. The molecular weight excluding hydrogens is 522 g/mol. The maximum atomic E-state index is 14.0. The molecule has 0 radical (unpaired) electrons. The predicted molar refractivity (Wildman–Crippen MR) is 147 cm³/mol. The number of ketones is 1. The Kier molecular flexibility index (Phi) is 6.97. The molecule has 8 nitrogen and oxygen atoms in total. The van der Waals surface area contributed by atoms with E-state index < -0.39 is 23.5 Å². The maximum absolute atomic E-state index is 14.0. The molecular formula is C30H26ClNO7. The summed E-state index contributed by atoms with van der Waals surface area (Å²) in [6.45, 7) is 3.83. The molecule has 1 aromatic heterocycles. The van der Waals surface area contributed by atoms with Crippen LogP contribution in [0.25, 0.3) is 11.0 Å². The number of methoxy groups -OCH3 is 2. The van der Waals surface area contributed by atoms with E-state index in [4.69, 9.17) is 30.2 Å². The Balaban J connectivity index is 1.64. The van der Waals surface area contributed by atoms with E-state index in [-0.39, 0.29) is 17.4 Å². The minimum Gasteiger partial charge on any atom is -0.503 e. The van der Waals surface area contributed by atoms with Crippen LogP contribution < -0.4 is 19.1 Å². The van der Waals surface area contributed by atoms with Gasteiger partial charge < -0.3 is 23.7 Å². The summed E-state index contributed by atoms with van der Waals surface area (Å²) in [6.07, 6.45) is -0.0298. The van der Waals surface area contributed by atoms with E-state index in [1.807, 2.05) is 13.8 Å². The Bertz CT molecular complexity index is 1600. The van der Waals surface area contributed by atoms with Gasteiger partial charge in [-0.3, -0.25) is 14.5 Å². The fourth-order valence-electron chi connectivity index (χ4n) is 4.73. The van der Waals surface area contributed by atoms with Crippen LogP contribution >= 0.6 is 11.6 Å². The molecule has 1 aliphatic heterocycles. The van der Waals surface area contributed by atoms with Crippen LogP contribution in [0, 0.1) is 0 Å². The highest BCUT2D eigenvalue weighted by Gasteiger charge is 2.46. The average Bonchev–Trinajstić information content (AvgIpc) is 3.46. The fraction of sp³-hybridized carbons (Fsp3) is 0.200. The standard InChI is InChI=1S/C30H26ClNO7/c1-16(2)38-20-11-9-19(10-12-20)32-26(21-7-5-6-8-22(21)36-3)25(28(34)30(32)35)27(33)23-14-17-13-18(31)15-24(37-4)29(17)39-23/h5-16,26,34H,1-4H3. The van der Waals surface area contributed by atoms with Crippen molar-refractivity contribution in [3.63, 3.8) is 0 Å². The van der Waals surface area contributed by atoms with Gasteiger partial charge in [0.05, 0.1) is 31.9 Å². The van der Waals surface area contributed by atoms with Crippen molar-refractivity contribution in [3.8, 4) is 17.2 Å². The minimum absolute atomic E-state index is 0.0298. The number of aliphatic hydroxyl groups excluding tert-OH is 1. The van der Waals surface area contributed by atoms with Crippen molar-refractivity contribution in [1.29, 1.82) is 0 Å². The second-order valence-electron chi connectivity index (χ2n) is 9.21. The van der Waals surface area contributed by atoms with Gasteiger partial charge in [0, 0.05) is 27.7 Å². The van der Waals surface area contributed by atoms with E-state index in [1.54, 1.807) is 60.7 Å². The van der Waals surface area contributed by atoms with Crippen molar-refractivity contribution in [2.24, 2.45) is 0 Å². The lowest BCUT2D eigenvalue weighted by Crippen LogP contribution is -2.31. The number of nitrogens with zero attached hydrogens (tertiary/aromatic N) is 1. The molecule has 1 aliphatic rings. The van der Waals surface area contributed by atoms with E-state index in [2.05, 4.69) is 0 Å². The Morgan fingerprint density at radius 2 is 1.69 bits per heavy atom. The SMILES string of the molecule is COc1ccccc1C1C(C(=O)c2cc3cc(Cl)cc(OC)c3o2)=C(O)C(=O)N1c1ccc(OC(C)C)cc1. The average molecular weight is 548 g/mol. The fourth-order valence-corrected chi connectivity index (χ4v) is 4.95. The second-order valence-corrected chi connectivity index (χ2v) is 9.65. The molecule has 1 atom stereocenters. The summed E-state index contributed by atoms with van der Waals surface area (Å²) in [6, 6.07) is 17.6. The first-order chi connectivity index (χ1) is 18.7. The number of furan rings is 1. The molecule has 0 fully saturated rings. The first-order valence-corrected chi connectivity index (χ1v) is 12.6. The van der Waals surface area contributed by atoms with Gasteiger partial charge in [-0.2, -0.15) is 0 Å². The Labute approximate surface area is 229 Å². The molecule has 1 amide bonds. The van der Waals surface area contributed by atoms with Gasteiger partial charge in [-0.25, -0.2) is 0 Å². The minimum atomic E-state index is -1.00. The van der Waals surface area contributed by atoms with Crippen LogP contribution in [0.1, 0.15) is 36.0 Å². The van der Waals surface area contributed by atoms with Gasteiger partial charge in [0.25, 0.3) is 5.91 Å². The molecule has 3 aromatic carbocycles. The van der Waals surface area contributed by atoms with Gasteiger partial charge in [0.2, 0.25) is 5.78 Å². The molecule has 0 saturated heterocycles. The summed E-state index contributed by atoms with van der Waals surface area (Å²) < 4.78 is 22.5. The predicted octanol–water partition coefficient (Wildman–Crippen LogP) is 6.67. The smallest absolute Gasteiger partial charge is 0.294 e. The van der Waals surface area contributed by atoms with Gasteiger partial charge in [-0.1, -0.05) is 29.8 Å². The quantitative estimate of drug-likeness (QED) is 0.246. The normalized spacial score (nSPS) is 15.4. The van der Waals surface area contributed by atoms with Gasteiger partial charge in [0.1, 0.15) is 11.5 Å². The van der Waals surface area contributed by atoms with E-state index in [1.165, 1.54) is 25.2 Å². The van der Waals surface area contributed by atoms with Crippen LogP contribution in [0.5, 0.6) is 17.2 Å². The van der Waals surface area contributed by atoms with Crippen LogP contribution in [0.2, 0.25) is 5.02 Å². The van der Waals surface area contributed by atoms with Crippen LogP contribution in [-0.2, 0) is 4.79 Å². The molecule has 0 spiro atoms. The number of rotatable bonds is 8. The Hall–Kier alpha value is -4.43. The number of halogens is 1. The van der Waals surface area contributed by atoms with Gasteiger partial charge in [0.15, 0.2) is 22.9 Å². The topological polar surface area (TPSA) is 98.4 Å². The number of Topliss-reactive ketones (excluding diaryl/α,β-unsaturated/α-hetero) is 1. The first-order valence-electron chi connectivity index (χ1n) is 12.2. The molecule has 5 rings (SSSR count). The van der Waals surface area contributed by atoms with Crippen LogP contribution in [0.15, 0.2) is 82.5 Å². The van der Waals surface area contributed by atoms with Crippen LogP contribution in [0.3, 0.4) is 0 Å². The zero-order valence-electron chi connectivity index (χ0n) is 21.7. The summed E-state index contributed by atoms with van der Waals surface area (Å²) in [5, 5.41) is 12.1. The van der Waals surface area contributed by atoms with E-state index >= 15 is 0 Å². The zero-order valence-corrected chi connectivity index (χ0v) is 22.5. The molecule has 9 heteroatoms. The number of hydrogen-bond donors (Lipinski definition) is 1. The lowest BCUT2D eigenvalue weighted by Gasteiger charge is -2.28. The number of para-hydroxylation sites is 1. The summed E-state index contributed by atoms with van der Waals surface area (Å²) in [4.78, 5) is 28.9. The number of amides is 1. The number of carbonyl (C=O) groups excluding carboxylic acids is 2. The third-order valence-corrected chi connectivity index (χ3v) is 6.58. The third kappa shape index (κ3) is 4.68. The monoisotopic (exact) mass is 547 g/mol. The van der Waals surface area contributed by atoms with E-state index in [9.17, 15) is 14.7 Å². The van der Waals surface area contributed by atoms with Gasteiger partial charge in [-0.15, -0.1) is 0 Å². The number of fused-ring (bicyclic) bond motifs is 1. The molecule has 0 aliphatic carbocycles. The van der Waals surface area contributed by atoms with Crippen LogP contribution in [-0.4, -0.2) is 37.1 Å². The molecule has 200 valence electrons. The molecule has 0 saturated carbocycles. The molecule has 1 N–H and O–H groups in total. The highest BCUT2D eigenvalue weighted by molar-refractivity contribution is 6.31. The molecule has 1 unspecified atom stereocenters. The number of hydrogen-bond acceptors (Lipinski definition) is 7. The zero-order chi connectivity index (χ0) is 27.8. The van der Waals surface area contributed by atoms with Gasteiger partial charge in [-0.05, 0) is 56.3 Å². The number of anilines is 1. The third-order valence-electron chi connectivity index (χ3n) is 6.36. The van der Waals surface area contributed by atoms with Crippen LogP contribution in [0.4, 0.5) is 5.69 Å². The van der Waals surface area contributed by atoms with Crippen molar-refractivity contribution in [3.05, 3.63) is 94.4 Å². The number of aliphatic hydroxyl groups is 1. The molecule has 39 heavy (non-hydrogen) atoms. The lowest BCUT2D eigenvalue weighted by atomic mass is 9.94. The number of benzene rings is 3. The Morgan fingerprint density at radius 1 is 1.00 bits per heavy atom. The van der Waals surface area contributed by atoms with Crippen molar-refractivity contribution in [2.45, 2.75) is 26.0 Å². The highest BCUT2D eigenvalue weighted by atomic mass is 35.5. The van der Waals surface area contributed by atoms with Crippen molar-refractivity contribution < 1.29 is 33.3 Å². The lowest BCUT2D eigenvalue weighted by molar-refractivity contribution is -0.117. The highest BCUT2D eigenvalue weighted by Crippen LogP contribution is 2.45. The molecule has 4 aromatic rings. The van der Waals surface area contributed by atoms with Crippen molar-refractivity contribution >= 4 is 39.9 Å². The molecule has 0 bridgehead atoms. The van der Waals surface area contributed by atoms with Crippen molar-refractivity contribution in [2.75, 3.05) is 19.1 Å². The van der Waals surface area contributed by atoms with Crippen molar-refractivity contribution in [1.82, 2.24) is 0 Å². The Morgan fingerprint density at radius 3 is 2.36 bits per heavy atom.